The third kappa shape index (κ3) is 4.05. The third-order valence-electron chi connectivity index (χ3n) is 10.5. The summed E-state index contributed by atoms with van der Waals surface area (Å²) in [5, 5.41) is 7.34. The molecule has 0 bridgehead atoms. The minimum Gasteiger partial charge on any atom is -0.309 e. The van der Waals surface area contributed by atoms with E-state index in [2.05, 4.69) is 196 Å². The van der Waals surface area contributed by atoms with Crippen LogP contribution in [0, 0.1) is 0 Å². The maximum atomic E-state index is 5.56. The van der Waals surface area contributed by atoms with Crippen LogP contribution in [0.2, 0.25) is 0 Å². The van der Waals surface area contributed by atoms with Crippen molar-refractivity contribution in [3.63, 3.8) is 0 Å². The molecule has 4 heteroatoms. The van der Waals surface area contributed by atoms with Crippen molar-refractivity contribution in [1.82, 2.24) is 18.7 Å². The molecule has 7 aromatic carbocycles. The normalized spacial score (nSPS) is 11.9. The fraction of sp³-hybridized carbons (Fsp3) is 0. The van der Waals surface area contributed by atoms with E-state index in [1.807, 2.05) is 0 Å². The smallest absolute Gasteiger partial charge is 0.140 e. The van der Waals surface area contributed by atoms with Crippen LogP contribution >= 0.6 is 0 Å². The summed E-state index contributed by atoms with van der Waals surface area (Å²) in [4.78, 5) is 5.56. The molecule has 0 spiro atoms. The lowest BCUT2D eigenvalue weighted by Gasteiger charge is -2.17. The fourth-order valence-corrected chi connectivity index (χ4v) is 8.32. The highest BCUT2D eigenvalue weighted by Gasteiger charge is 2.20. The van der Waals surface area contributed by atoms with Gasteiger partial charge in [-0.15, -0.1) is 0 Å². The second-order valence-electron chi connectivity index (χ2n) is 13.2. The van der Waals surface area contributed by atoms with Crippen molar-refractivity contribution in [2.24, 2.45) is 0 Å². The van der Waals surface area contributed by atoms with Crippen LogP contribution in [0.1, 0.15) is 0 Å². The van der Waals surface area contributed by atoms with E-state index in [1.165, 1.54) is 43.4 Å². The molecule has 0 fully saturated rings. The first-order valence-electron chi connectivity index (χ1n) is 17.4. The molecular weight excluding hydrogens is 621 g/mol. The van der Waals surface area contributed by atoms with E-state index in [9.17, 15) is 0 Å². The van der Waals surface area contributed by atoms with Crippen LogP contribution in [0.15, 0.2) is 182 Å². The number of hydrogen-bond acceptors (Lipinski definition) is 1. The number of nitrogens with zero attached hydrogens (tertiary/aromatic N) is 4. The van der Waals surface area contributed by atoms with Gasteiger partial charge >= 0.3 is 0 Å². The standard InChI is InChI=1S/C47H30N4/c1-8-22-39(49-40-23-9-2-16-33(40)34-17-3-10-24-41(34)49)32(15-1)31-29-46(50-42-25-11-4-18-35(42)36-19-5-12-26-43(36)50)48-47(30-31)51-44-27-13-6-20-37(44)38-21-7-14-28-45(38)51/h1-30H. The van der Waals surface area contributed by atoms with Crippen molar-refractivity contribution in [3.8, 4) is 28.5 Å². The number of pyridine rings is 1. The second-order valence-corrected chi connectivity index (χ2v) is 13.2. The van der Waals surface area contributed by atoms with Crippen molar-refractivity contribution in [1.29, 1.82) is 0 Å². The molecule has 0 aliphatic carbocycles. The number of aromatic nitrogens is 4. The summed E-state index contributed by atoms with van der Waals surface area (Å²) in [6.45, 7) is 0. The van der Waals surface area contributed by atoms with Crippen molar-refractivity contribution in [2.45, 2.75) is 0 Å². The average molecular weight is 651 g/mol. The van der Waals surface area contributed by atoms with Gasteiger partial charge in [0.2, 0.25) is 0 Å². The SMILES string of the molecule is c1ccc(-n2c3ccccc3c3ccccc32)c(-c2cc(-n3c4ccccc4c4ccccc43)nc(-n3c4ccccc4c4ccccc43)c2)c1. The molecule has 0 N–H and O–H groups in total. The Labute approximate surface area is 293 Å². The van der Waals surface area contributed by atoms with Gasteiger partial charge in [0.05, 0.1) is 38.8 Å². The molecule has 0 amide bonds. The predicted octanol–water partition coefficient (Wildman–Crippen LogP) is 12.0. The zero-order chi connectivity index (χ0) is 33.5. The summed E-state index contributed by atoms with van der Waals surface area (Å²) < 4.78 is 7.07. The van der Waals surface area contributed by atoms with Crippen LogP contribution in [-0.2, 0) is 0 Å². The highest BCUT2D eigenvalue weighted by atomic mass is 15.1. The lowest BCUT2D eigenvalue weighted by atomic mass is 10.0. The molecule has 238 valence electrons. The van der Waals surface area contributed by atoms with Crippen LogP contribution in [0.3, 0.4) is 0 Å². The highest BCUT2D eigenvalue weighted by Crippen LogP contribution is 2.39. The van der Waals surface area contributed by atoms with Gasteiger partial charge in [-0.25, -0.2) is 4.98 Å². The number of rotatable bonds is 4. The quantitative estimate of drug-likeness (QED) is 0.186. The zero-order valence-electron chi connectivity index (χ0n) is 27.6. The lowest BCUT2D eigenvalue weighted by molar-refractivity contribution is 1.01. The molecule has 0 radical (unpaired) electrons. The van der Waals surface area contributed by atoms with Crippen LogP contribution in [-0.4, -0.2) is 18.7 Å². The van der Waals surface area contributed by atoms with E-state index in [4.69, 9.17) is 4.98 Å². The van der Waals surface area contributed by atoms with Crippen molar-refractivity contribution < 1.29 is 0 Å². The predicted molar refractivity (Wildman–Crippen MR) is 213 cm³/mol. The van der Waals surface area contributed by atoms with E-state index < -0.39 is 0 Å². The van der Waals surface area contributed by atoms with Crippen molar-refractivity contribution in [3.05, 3.63) is 182 Å². The molecule has 4 heterocycles. The maximum absolute atomic E-state index is 5.56. The minimum absolute atomic E-state index is 0.874. The van der Waals surface area contributed by atoms with Crippen molar-refractivity contribution >= 4 is 65.4 Å². The molecule has 0 aliphatic rings. The van der Waals surface area contributed by atoms with E-state index in [-0.39, 0.29) is 0 Å². The van der Waals surface area contributed by atoms with Crippen LogP contribution < -0.4 is 0 Å². The Bertz CT molecular complexity index is 2860. The molecule has 0 aliphatic heterocycles. The first kappa shape index (κ1) is 28.0. The first-order valence-corrected chi connectivity index (χ1v) is 17.4. The van der Waals surface area contributed by atoms with Gasteiger partial charge in [0.25, 0.3) is 0 Å². The van der Waals surface area contributed by atoms with Gasteiger partial charge in [-0.05, 0) is 60.2 Å². The molecule has 4 aromatic heterocycles. The van der Waals surface area contributed by atoms with Gasteiger partial charge in [0.15, 0.2) is 0 Å². The summed E-state index contributed by atoms with van der Waals surface area (Å²) in [6, 6.07) is 65.4. The Kier molecular flexibility index (Phi) is 5.92. The van der Waals surface area contributed by atoms with E-state index >= 15 is 0 Å². The Hall–Kier alpha value is -6.91. The van der Waals surface area contributed by atoms with E-state index in [0.29, 0.717) is 0 Å². The average Bonchev–Trinajstić information content (AvgIpc) is 3.84. The fourth-order valence-electron chi connectivity index (χ4n) is 8.32. The highest BCUT2D eigenvalue weighted by molar-refractivity contribution is 6.11. The zero-order valence-corrected chi connectivity index (χ0v) is 27.6. The third-order valence-corrected chi connectivity index (χ3v) is 10.5. The topological polar surface area (TPSA) is 27.7 Å². The molecular formula is C47H30N4. The number of fused-ring (bicyclic) bond motifs is 9. The first-order chi connectivity index (χ1) is 25.3. The molecule has 4 nitrogen and oxygen atoms in total. The Morgan fingerprint density at radius 3 is 0.961 bits per heavy atom. The summed E-state index contributed by atoms with van der Waals surface area (Å²) in [6.07, 6.45) is 0. The summed E-state index contributed by atoms with van der Waals surface area (Å²) in [5.41, 5.74) is 10.3. The Morgan fingerprint density at radius 2 is 0.588 bits per heavy atom. The summed E-state index contributed by atoms with van der Waals surface area (Å²) in [5.74, 6) is 1.75. The maximum Gasteiger partial charge on any atom is 0.140 e. The largest absolute Gasteiger partial charge is 0.309 e. The van der Waals surface area contributed by atoms with Gasteiger partial charge in [-0.2, -0.15) is 0 Å². The van der Waals surface area contributed by atoms with Gasteiger partial charge in [0.1, 0.15) is 11.6 Å². The molecule has 0 unspecified atom stereocenters. The molecule has 11 aromatic rings. The number of benzene rings is 7. The Balaban J connectivity index is 1.27. The van der Waals surface area contributed by atoms with Gasteiger partial charge in [-0.3, -0.25) is 9.13 Å². The monoisotopic (exact) mass is 650 g/mol. The second kappa shape index (κ2) is 10.8. The van der Waals surface area contributed by atoms with Gasteiger partial charge < -0.3 is 4.57 Å². The molecule has 0 saturated carbocycles. The summed E-state index contributed by atoms with van der Waals surface area (Å²) in [7, 11) is 0. The van der Waals surface area contributed by atoms with Gasteiger partial charge in [0, 0.05) is 37.9 Å². The molecule has 0 saturated heterocycles. The molecule has 51 heavy (non-hydrogen) atoms. The number of para-hydroxylation sites is 7. The minimum atomic E-state index is 0.874. The lowest BCUT2D eigenvalue weighted by Crippen LogP contribution is -2.05. The molecule has 0 atom stereocenters. The van der Waals surface area contributed by atoms with Crippen LogP contribution in [0.5, 0.6) is 0 Å². The summed E-state index contributed by atoms with van der Waals surface area (Å²) >= 11 is 0. The van der Waals surface area contributed by atoms with E-state index in [0.717, 1.165) is 50.5 Å². The van der Waals surface area contributed by atoms with E-state index in [1.54, 1.807) is 0 Å². The van der Waals surface area contributed by atoms with Crippen molar-refractivity contribution in [2.75, 3.05) is 0 Å². The molecule has 11 rings (SSSR count). The number of hydrogen-bond donors (Lipinski definition) is 0. The van der Waals surface area contributed by atoms with Gasteiger partial charge in [-0.1, -0.05) is 127 Å². The Morgan fingerprint density at radius 1 is 0.294 bits per heavy atom. The van der Waals surface area contributed by atoms with Crippen LogP contribution in [0.25, 0.3) is 93.9 Å². The van der Waals surface area contributed by atoms with Crippen LogP contribution in [0.4, 0.5) is 0 Å².